The monoisotopic (exact) mass is 518 g/mol. The maximum absolute atomic E-state index is 12.2. The lowest BCUT2D eigenvalue weighted by Crippen LogP contribution is -2.38. The SMILES string of the molecule is CN=C(NCc1cccc(CN(C)C)c1)N(C)Cc1ccc(OC(F)F)cc1.I. The molecule has 0 aliphatic heterocycles. The van der Waals surface area contributed by atoms with Crippen LogP contribution in [0.25, 0.3) is 0 Å². The lowest BCUT2D eigenvalue weighted by molar-refractivity contribution is -0.0498. The highest BCUT2D eigenvalue weighted by Crippen LogP contribution is 2.16. The Labute approximate surface area is 188 Å². The first kappa shape index (κ1) is 25.1. The second kappa shape index (κ2) is 12.6. The van der Waals surface area contributed by atoms with Gasteiger partial charge >= 0.3 is 6.61 Å². The highest BCUT2D eigenvalue weighted by molar-refractivity contribution is 14.0. The zero-order valence-corrected chi connectivity index (χ0v) is 19.6. The first-order valence-electron chi connectivity index (χ1n) is 9.05. The molecular formula is C21H29F2IN4O. The number of guanidine groups is 1. The maximum Gasteiger partial charge on any atom is 0.387 e. The van der Waals surface area contributed by atoms with Gasteiger partial charge in [-0.3, -0.25) is 4.99 Å². The predicted molar refractivity (Wildman–Crippen MR) is 124 cm³/mol. The van der Waals surface area contributed by atoms with Crippen molar-refractivity contribution in [2.75, 3.05) is 28.2 Å². The Balaban J connectivity index is 0.00000420. The molecule has 1 N–H and O–H groups in total. The minimum Gasteiger partial charge on any atom is -0.435 e. The van der Waals surface area contributed by atoms with Crippen molar-refractivity contribution in [1.82, 2.24) is 15.1 Å². The fourth-order valence-corrected chi connectivity index (χ4v) is 2.89. The molecule has 0 saturated carbocycles. The van der Waals surface area contributed by atoms with E-state index in [1.165, 1.54) is 11.1 Å². The topological polar surface area (TPSA) is 40.1 Å². The van der Waals surface area contributed by atoms with Crippen molar-refractivity contribution in [1.29, 1.82) is 0 Å². The lowest BCUT2D eigenvalue weighted by Gasteiger charge is -2.22. The van der Waals surface area contributed by atoms with E-state index in [-0.39, 0.29) is 29.7 Å². The third-order valence-electron chi connectivity index (χ3n) is 4.08. The summed E-state index contributed by atoms with van der Waals surface area (Å²) in [5, 5.41) is 3.36. The van der Waals surface area contributed by atoms with Crippen molar-refractivity contribution in [3.63, 3.8) is 0 Å². The van der Waals surface area contributed by atoms with Gasteiger partial charge in [0.25, 0.3) is 0 Å². The second-order valence-electron chi connectivity index (χ2n) is 6.84. The van der Waals surface area contributed by atoms with Crippen LogP contribution in [0.2, 0.25) is 0 Å². The van der Waals surface area contributed by atoms with Gasteiger partial charge in [-0.1, -0.05) is 36.4 Å². The van der Waals surface area contributed by atoms with Crippen molar-refractivity contribution in [2.45, 2.75) is 26.2 Å². The van der Waals surface area contributed by atoms with E-state index >= 15 is 0 Å². The summed E-state index contributed by atoms with van der Waals surface area (Å²) in [6.07, 6.45) is 0. The average Bonchev–Trinajstić information content (AvgIpc) is 2.63. The molecule has 0 amide bonds. The Morgan fingerprint density at radius 3 is 2.24 bits per heavy atom. The summed E-state index contributed by atoms with van der Waals surface area (Å²) in [4.78, 5) is 8.44. The van der Waals surface area contributed by atoms with Gasteiger partial charge in [0, 0.05) is 33.7 Å². The summed E-state index contributed by atoms with van der Waals surface area (Å²) in [6.45, 7) is -0.657. The highest BCUT2D eigenvalue weighted by Gasteiger charge is 2.08. The molecular weight excluding hydrogens is 489 g/mol. The molecule has 0 bridgehead atoms. The molecule has 2 aromatic rings. The van der Waals surface area contributed by atoms with E-state index in [0.29, 0.717) is 13.1 Å². The number of aliphatic imine (C=N–C) groups is 1. The lowest BCUT2D eigenvalue weighted by atomic mass is 10.1. The van der Waals surface area contributed by atoms with Crippen LogP contribution in [0.1, 0.15) is 16.7 Å². The molecule has 0 aliphatic carbocycles. The van der Waals surface area contributed by atoms with Gasteiger partial charge in [-0.05, 0) is 42.9 Å². The number of hydrogen-bond donors (Lipinski definition) is 1. The third kappa shape index (κ3) is 8.95. The molecule has 160 valence electrons. The van der Waals surface area contributed by atoms with E-state index in [9.17, 15) is 8.78 Å². The van der Waals surface area contributed by atoms with Gasteiger partial charge in [0.15, 0.2) is 5.96 Å². The summed E-state index contributed by atoms with van der Waals surface area (Å²) in [7, 11) is 7.77. The normalized spacial score (nSPS) is 11.4. The number of rotatable bonds is 8. The molecule has 0 unspecified atom stereocenters. The van der Waals surface area contributed by atoms with Crippen LogP contribution >= 0.6 is 24.0 Å². The van der Waals surface area contributed by atoms with Gasteiger partial charge < -0.3 is 19.9 Å². The Morgan fingerprint density at radius 2 is 1.66 bits per heavy atom. The predicted octanol–water partition coefficient (Wildman–Crippen LogP) is 4.18. The van der Waals surface area contributed by atoms with Crippen molar-refractivity contribution in [2.24, 2.45) is 4.99 Å². The first-order valence-corrected chi connectivity index (χ1v) is 9.05. The number of nitrogens with zero attached hydrogens (tertiary/aromatic N) is 3. The van der Waals surface area contributed by atoms with E-state index in [0.717, 1.165) is 18.1 Å². The van der Waals surface area contributed by atoms with Crippen LogP contribution in [0.5, 0.6) is 5.75 Å². The summed E-state index contributed by atoms with van der Waals surface area (Å²) in [5.74, 6) is 0.910. The third-order valence-corrected chi connectivity index (χ3v) is 4.08. The summed E-state index contributed by atoms with van der Waals surface area (Å²) in [5.41, 5.74) is 3.42. The van der Waals surface area contributed by atoms with Crippen LogP contribution in [0.4, 0.5) is 8.78 Å². The fourth-order valence-electron chi connectivity index (χ4n) is 2.89. The van der Waals surface area contributed by atoms with Gasteiger partial charge in [0.2, 0.25) is 0 Å². The number of ether oxygens (including phenoxy) is 1. The zero-order valence-electron chi connectivity index (χ0n) is 17.2. The summed E-state index contributed by atoms with van der Waals surface area (Å²) >= 11 is 0. The maximum atomic E-state index is 12.2. The molecule has 2 rings (SSSR count). The van der Waals surface area contributed by atoms with Gasteiger partial charge in [0.1, 0.15) is 5.75 Å². The molecule has 0 atom stereocenters. The zero-order chi connectivity index (χ0) is 20.5. The number of benzene rings is 2. The summed E-state index contributed by atoms with van der Waals surface area (Å²) < 4.78 is 28.9. The minimum absolute atomic E-state index is 0. The molecule has 0 saturated heterocycles. The molecule has 0 aliphatic rings. The van der Waals surface area contributed by atoms with Crippen molar-refractivity contribution in [3.05, 3.63) is 65.2 Å². The number of alkyl halides is 2. The van der Waals surface area contributed by atoms with Crippen LogP contribution < -0.4 is 10.1 Å². The molecule has 0 spiro atoms. The largest absolute Gasteiger partial charge is 0.435 e. The molecule has 5 nitrogen and oxygen atoms in total. The Hall–Kier alpha value is -1.94. The number of halogens is 3. The van der Waals surface area contributed by atoms with Gasteiger partial charge in [-0.25, -0.2) is 0 Å². The van der Waals surface area contributed by atoms with Gasteiger partial charge in [-0.15, -0.1) is 24.0 Å². The molecule has 29 heavy (non-hydrogen) atoms. The van der Waals surface area contributed by atoms with E-state index < -0.39 is 6.61 Å². The van der Waals surface area contributed by atoms with Crippen LogP contribution in [-0.4, -0.2) is 50.6 Å². The van der Waals surface area contributed by atoms with E-state index in [2.05, 4.69) is 44.2 Å². The molecule has 0 fully saturated rings. The van der Waals surface area contributed by atoms with Crippen LogP contribution in [0, 0.1) is 0 Å². The smallest absolute Gasteiger partial charge is 0.387 e. The van der Waals surface area contributed by atoms with Crippen molar-refractivity contribution < 1.29 is 13.5 Å². The van der Waals surface area contributed by atoms with Crippen molar-refractivity contribution in [3.8, 4) is 5.75 Å². The van der Waals surface area contributed by atoms with Gasteiger partial charge in [-0.2, -0.15) is 8.78 Å². The molecule has 0 heterocycles. The fraction of sp³-hybridized carbons (Fsp3) is 0.381. The molecule has 0 radical (unpaired) electrons. The summed E-state index contributed by atoms with van der Waals surface area (Å²) in [6, 6.07) is 15.1. The van der Waals surface area contributed by atoms with Crippen molar-refractivity contribution >= 4 is 29.9 Å². The van der Waals surface area contributed by atoms with Crippen LogP contribution in [0.15, 0.2) is 53.5 Å². The number of nitrogens with one attached hydrogen (secondary N) is 1. The van der Waals surface area contributed by atoms with E-state index in [1.807, 2.05) is 26.0 Å². The molecule has 0 aromatic heterocycles. The molecule has 8 heteroatoms. The first-order chi connectivity index (χ1) is 13.4. The Kier molecular flexibility index (Phi) is 10.9. The average molecular weight is 518 g/mol. The van der Waals surface area contributed by atoms with Crippen LogP contribution in [-0.2, 0) is 19.6 Å². The van der Waals surface area contributed by atoms with E-state index in [4.69, 9.17) is 0 Å². The Bertz CT molecular complexity index is 770. The van der Waals surface area contributed by atoms with Crippen LogP contribution in [0.3, 0.4) is 0 Å². The standard InChI is InChI=1S/C21H28F2N4O.HI/c1-24-21(25-13-17-6-5-7-18(12-17)14-26(2)3)27(4)15-16-8-10-19(11-9-16)28-20(22)23;/h5-12,20H,13-15H2,1-4H3,(H,24,25);1H. The Morgan fingerprint density at radius 1 is 1.00 bits per heavy atom. The molecule has 2 aromatic carbocycles. The minimum atomic E-state index is -2.81. The number of hydrogen-bond acceptors (Lipinski definition) is 3. The van der Waals surface area contributed by atoms with Gasteiger partial charge in [0.05, 0.1) is 0 Å². The highest BCUT2D eigenvalue weighted by atomic mass is 127. The van der Waals surface area contributed by atoms with E-state index in [1.54, 1.807) is 31.3 Å². The quantitative estimate of drug-likeness (QED) is 0.324. The second-order valence-corrected chi connectivity index (χ2v) is 6.84.